The highest BCUT2D eigenvalue weighted by molar-refractivity contribution is 9.10. The molecule has 1 fully saturated rings. The van der Waals surface area contributed by atoms with Crippen LogP contribution >= 0.6 is 15.9 Å². The Morgan fingerprint density at radius 1 is 1.40 bits per heavy atom. The van der Waals surface area contributed by atoms with Crippen LogP contribution in [0.3, 0.4) is 0 Å². The number of halogens is 1. The van der Waals surface area contributed by atoms with Crippen LogP contribution in [0.1, 0.15) is 43.9 Å². The van der Waals surface area contributed by atoms with Crippen molar-refractivity contribution in [3.8, 4) is 5.75 Å². The van der Waals surface area contributed by atoms with Crippen LogP contribution in [0, 0.1) is 0 Å². The molecule has 0 amide bonds. The van der Waals surface area contributed by atoms with Gasteiger partial charge in [0.2, 0.25) is 0 Å². The molecule has 1 aromatic heterocycles. The molecular weight excluding hydrogens is 318 g/mol. The maximum Gasteiger partial charge on any atom is 0.149 e. The number of methoxy groups -OCH3 is 1. The summed E-state index contributed by atoms with van der Waals surface area (Å²) in [5.41, 5.74) is 2.31. The molecule has 0 spiro atoms. The fourth-order valence-corrected chi connectivity index (χ4v) is 3.09. The third-order valence-electron chi connectivity index (χ3n) is 3.73. The number of nitrogens with one attached hydrogen (secondary N) is 1. The van der Waals surface area contributed by atoms with Crippen LogP contribution in [0.25, 0.3) is 11.0 Å². The van der Waals surface area contributed by atoms with Crippen LogP contribution in [0.15, 0.2) is 21.0 Å². The minimum atomic E-state index is 0.452. The first kappa shape index (κ1) is 14.0. The van der Waals surface area contributed by atoms with Crippen molar-refractivity contribution in [1.29, 1.82) is 0 Å². The minimum Gasteiger partial charge on any atom is -0.497 e. The summed E-state index contributed by atoms with van der Waals surface area (Å²) in [6, 6.07) is 4.51. The zero-order valence-electron chi connectivity index (χ0n) is 12.1. The second kappa shape index (κ2) is 5.41. The fraction of sp³-hybridized carbons (Fsp3) is 0.500. The normalized spacial score (nSPS) is 15.2. The lowest BCUT2D eigenvalue weighted by Crippen LogP contribution is -2.22. The molecular formula is C16H20BrNO2. The molecule has 0 saturated heterocycles. The van der Waals surface area contributed by atoms with E-state index in [1.165, 1.54) is 23.8 Å². The van der Waals surface area contributed by atoms with Crippen molar-refractivity contribution >= 4 is 26.9 Å². The smallest absolute Gasteiger partial charge is 0.149 e. The van der Waals surface area contributed by atoms with Crippen molar-refractivity contribution in [2.45, 2.75) is 45.2 Å². The maximum absolute atomic E-state index is 6.12. The second-order valence-electron chi connectivity index (χ2n) is 5.73. The van der Waals surface area contributed by atoms with E-state index in [1.807, 2.05) is 6.07 Å². The number of rotatable bonds is 5. The van der Waals surface area contributed by atoms with Gasteiger partial charge in [-0.15, -0.1) is 0 Å². The summed E-state index contributed by atoms with van der Waals surface area (Å²) in [7, 11) is 1.70. The number of ether oxygens (including phenoxy) is 1. The Balaban J connectivity index is 2.10. The van der Waals surface area contributed by atoms with Crippen LogP contribution in [0.4, 0.5) is 0 Å². The lowest BCUT2D eigenvalue weighted by Gasteiger charge is -2.07. The molecule has 0 aliphatic heterocycles. The zero-order valence-corrected chi connectivity index (χ0v) is 13.7. The molecule has 108 valence electrons. The van der Waals surface area contributed by atoms with E-state index < -0.39 is 0 Å². The molecule has 0 bridgehead atoms. The first-order valence-electron chi connectivity index (χ1n) is 7.12. The average molecular weight is 338 g/mol. The Bertz CT molecular complexity index is 629. The zero-order chi connectivity index (χ0) is 14.3. The average Bonchev–Trinajstić information content (AvgIpc) is 3.17. The van der Waals surface area contributed by atoms with Gasteiger partial charge in [0.25, 0.3) is 0 Å². The van der Waals surface area contributed by atoms with Gasteiger partial charge in [0.05, 0.1) is 18.1 Å². The van der Waals surface area contributed by atoms with E-state index in [0.29, 0.717) is 12.0 Å². The van der Waals surface area contributed by atoms with E-state index in [1.54, 1.807) is 7.11 Å². The number of benzene rings is 1. The molecule has 4 heteroatoms. The van der Waals surface area contributed by atoms with Gasteiger partial charge in [-0.05, 0) is 46.8 Å². The summed E-state index contributed by atoms with van der Waals surface area (Å²) >= 11 is 3.59. The van der Waals surface area contributed by atoms with Crippen LogP contribution in [-0.4, -0.2) is 13.2 Å². The highest BCUT2D eigenvalue weighted by Crippen LogP contribution is 2.48. The SMILES string of the molecule is COc1cc(Br)c2oc(CNC(C)C)c(C3CC3)c2c1. The Labute approximate surface area is 127 Å². The molecule has 0 radical (unpaired) electrons. The van der Waals surface area contributed by atoms with Crippen molar-refractivity contribution in [2.24, 2.45) is 0 Å². The van der Waals surface area contributed by atoms with Crippen molar-refractivity contribution < 1.29 is 9.15 Å². The van der Waals surface area contributed by atoms with Crippen molar-refractivity contribution in [3.05, 3.63) is 27.9 Å². The van der Waals surface area contributed by atoms with Gasteiger partial charge in [-0.2, -0.15) is 0 Å². The Hall–Kier alpha value is -1.00. The van der Waals surface area contributed by atoms with E-state index in [4.69, 9.17) is 9.15 Å². The number of furan rings is 1. The maximum atomic E-state index is 6.12. The van der Waals surface area contributed by atoms with Crippen LogP contribution in [0.2, 0.25) is 0 Å². The highest BCUT2D eigenvalue weighted by Gasteiger charge is 2.31. The van der Waals surface area contributed by atoms with E-state index in [9.17, 15) is 0 Å². The second-order valence-corrected chi connectivity index (χ2v) is 6.59. The van der Waals surface area contributed by atoms with Gasteiger partial charge in [-0.3, -0.25) is 0 Å². The summed E-state index contributed by atoms with van der Waals surface area (Å²) < 4.78 is 12.5. The number of hydrogen-bond acceptors (Lipinski definition) is 3. The van der Waals surface area contributed by atoms with Crippen molar-refractivity contribution in [2.75, 3.05) is 7.11 Å². The molecule has 1 saturated carbocycles. The lowest BCUT2D eigenvalue weighted by molar-refractivity contribution is 0.415. The van der Waals surface area contributed by atoms with Gasteiger partial charge in [-0.1, -0.05) is 13.8 Å². The minimum absolute atomic E-state index is 0.452. The summed E-state index contributed by atoms with van der Waals surface area (Å²) in [5.74, 6) is 2.60. The molecule has 1 aromatic carbocycles. The highest BCUT2D eigenvalue weighted by atomic mass is 79.9. The van der Waals surface area contributed by atoms with E-state index in [2.05, 4.69) is 41.2 Å². The Morgan fingerprint density at radius 2 is 2.15 bits per heavy atom. The lowest BCUT2D eigenvalue weighted by atomic mass is 10.1. The molecule has 0 unspecified atom stereocenters. The first-order valence-corrected chi connectivity index (χ1v) is 7.91. The molecule has 20 heavy (non-hydrogen) atoms. The quantitative estimate of drug-likeness (QED) is 0.867. The van der Waals surface area contributed by atoms with Gasteiger partial charge in [0.1, 0.15) is 17.1 Å². The Kier molecular flexibility index (Phi) is 3.78. The standard InChI is InChI=1S/C16H20BrNO2/c1-9(2)18-8-14-15(10-4-5-10)12-6-11(19-3)7-13(17)16(12)20-14/h6-7,9-10,18H,4-5,8H2,1-3H3. The van der Waals surface area contributed by atoms with Crippen molar-refractivity contribution in [1.82, 2.24) is 5.32 Å². The molecule has 2 aromatic rings. The van der Waals surface area contributed by atoms with Gasteiger partial charge < -0.3 is 14.5 Å². The predicted octanol–water partition coefficient (Wildman–Crippen LogP) is 4.58. The van der Waals surface area contributed by atoms with Gasteiger partial charge in [0.15, 0.2) is 0 Å². The summed E-state index contributed by atoms with van der Waals surface area (Å²) in [6.45, 7) is 5.09. The molecule has 1 N–H and O–H groups in total. The van der Waals surface area contributed by atoms with Gasteiger partial charge >= 0.3 is 0 Å². The topological polar surface area (TPSA) is 34.4 Å². The van der Waals surface area contributed by atoms with Crippen LogP contribution in [-0.2, 0) is 6.54 Å². The Morgan fingerprint density at radius 3 is 2.75 bits per heavy atom. The third-order valence-corrected chi connectivity index (χ3v) is 4.31. The van der Waals surface area contributed by atoms with E-state index in [0.717, 1.165) is 28.1 Å². The van der Waals surface area contributed by atoms with Crippen molar-refractivity contribution in [3.63, 3.8) is 0 Å². The van der Waals surface area contributed by atoms with Crippen LogP contribution in [0.5, 0.6) is 5.75 Å². The molecule has 3 nitrogen and oxygen atoms in total. The largest absolute Gasteiger partial charge is 0.497 e. The number of hydrogen-bond donors (Lipinski definition) is 1. The van der Waals surface area contributed by atoms with Crippen LogP contribution < -0.4 is 10.1 Å². The summed E-state index contributed by atoms with van der Waals surface area (Å²) in [6.07, 6.45) is 2.52. The predicted molar refractivity (Wildman–Crippen MR) is 84.4 cm³/mol. The molecule has 1 aliphatic rings. The molecule has 1 heterocycles. The van der Waals surface area contributed by atoms with E-state index >= 15 is 0 Å². The summed E-state index contributed by atoms with van der Waals surface area (Å²) in [5, 5.41) is 4.65. The molecule has 3 rings (SSSR count). The van der Waals surface area contributed by atoms with Gasteiger partial charge in [0, 0.05) is 17.0 Å². The van der Waals surface area contributed by atoms with E-state index in [-0.39, 0.29) is 0 Å². The molecule has 0 atom stereocenters. The summed E-state index contributed by atoms with van der Waals surface area (Å²) in [4.78, 5) is 0. The monoisotopic (exact) mass is 337 g/mol. The molecule has 1 aliphatic carbocycles. The first-order chi connectivity index (χ1) is 9.60. The van der Waals surface area contributed by atoms with Gasteiger partial charge in [-0.25, -0.2) is 0 Å². The number of fused-ring (bicyclic) bond motifs is 1. The third kappa shape index (κ3) is 2.59. The fourth-order valence-electron chi connectivity index (χ4n) is 2.57.